The van der Waals surface area contributed by atoms with Gasteiger partial charge in [-0.05, 0) is 81.6 Å². The second kappa shape index (κ2) is 22.4. The zero-order valence-electron chi connectivity index (χ0n) is 35.2. The van der Waals surface area contributed by atoms with Crippen molar-refractivity contribution in [3.63, 3.8) is 0 Å². The summed E-state index contributed by atoms with van der Waals surface area (Å²) in [6.07, 6.45) is 10.3. The van der Waals surface area contributed by atoms with Crippen LogP contribution in [0.4, 0.5) is 22.7 Å². The van der Waals surface area contributed by atoms with E-state index in [9.17, 15) is 33.6 Å². The van der Waals surface area contributed by atoms with Crippen molar-refractivity contribution in [3.8, 4) is 0 Å². The number of thiophene rings is 1. The number of carbonyl (C=O) groups is 7. The fraction of sp³-hybridized carbons (Fsp3) is 0.341. The first-order valence-electron chi connectivity index (χ1n) is 19.9. The standard InChI is InChI=1S/C41H50Br2N12O7S/c1-52-21-25(16-29(52)37(58)46-13-9-34(56)45-12-8-6-5-7-11-44)49-39(60)31-15-24(20-54(31)3)48-35(57)10-14-47-38(59)30-17-26(22-53(30)2)50-40(61)32-18-27(23-55(32)4)51-41(62)33-19-28(42)36(43)63-33/h15-23H,5-14,44H2,1-4H3,(H,45,56)(H,46,58)(H,47,59)(H,48,57)(H,49,60)(H,50,61)(H,51,62). The number of carbonyl (C=O) groups excluding carboxylic acids is 7. The number of aromatic nitrogens is 4. The Hall–Kier alpha value is -5.97. The molecule has 0 aliphatic rings. The van der Waals surface area contributed by atoms with Gasteiger partial charge in [0.1, 0.15) is 22.8 Å². The van der Waals surface area contributed by atoms with Gasteiger partial charge in [-0.3, -0.25) is 33.6 Å². The van der Waals surface area contributed by atoms with Crippen LogP contribution in [0.25, 0.3) is 0 Å². The lowest BCUT2D eigenvalue weighted by Crippen LogP contribution is -2.31. The highest BCUT2D eigenvalue weighted by molar-refractivity contribution is 9.13. The number of aryl methyl sites for hydroxylation is 4. The number of nitrogens with one attached hydrogen (secondary N) is 7. The summed E-state index contributed by atoms with van der Waals surface area (Å²) >= 11 is 8.01. The third-order valence-electron chi connectivity index (χ3n) is 9.60. The molecule has 9 N–H and O–H groups in total. The van der Waals surface area contributed by atoms with Crippen molar-refractivity contribution < 1.29 is 33.6 Å². The molecule has 0 aromatic carbocycles. The summed E-state index contributed by atoms with van der Waals surface area (Å²) in [6, 6.07) is 7.77. The van der Waals surface area contributed by atoms with E-state index in [1.807, 2.05) is 0 Å². The molecule has 19 nitrogen and oxygen atoms in total. The fourth-order valence-corrected chi connectivity index (χ4v) is 8.33. The minimum atomic E-state index is -0.477. The van der Waals surface area contributed by atoms with E-state index in [1.165, 1.54) is 29.5 Å². The lowest BCUT2D eigenvalue weighted by molar-refractivity contribution is -0.121. The highest BCUT2D eigenvalue weighted by Crippen LogP contribution is 2.33. The van der Waals surface area contributed by atoms with Gasteiger partial charge in [0.2, 0.25) is 11.8 Å². The van der Waals surface area contributed by atoms with Crippen LogP contribution in [-0.4, -0.2) is 85.8 Å². The molecule has 7 amide bonds. The van der Waals surface area contributed by atoms with Crippen molar-refractivity contribution in [3.05, 3.63) is 91.0 Å². The maximum Gasteiger partial charge on any atom is 0.272 e. The first-order chi connectivity index (χ1) is 30.0. The molecule has 22 heteroatoms. The minimum Gasteiger partial charge on any atom is -0.356 e. The predicted octanol–water partition coefficient (Wildman–Crippen LogP) is 4.90. The molecule has 0 fully saturated rings. The van der Waals surface area contributed by atoms with Gasteiger partial charge in [-0.1, -0.05) is 12.8 Å². The van der Waals surface area contributed by atoms with Crippen LogP contribution < -0.4 is 43.0 Å². The maximum atomic E-state index is 13.2. The Morgan fingerprint density at radius 2 is 0.921 bits per heavy atom. The average Bonchev–Trinajstić information content (AvgIpc) is 4.04. The minimum absolute atomic E-state index is 0.00201. The zero-order valence-corrected chi connectivity index (χ0v) is 39.1. The number of anilines is 4. The number of hydrogen-bond donors (Lipinski definition) is 8. The molecule has 0 aliphatic heterocycles. The molecular weight excluding hydrogens is 964 g/mol. The summed E-state index contributed by atoms with van der Waals surface area (Å²) < 4.78 is 7.77. The molecule has 0 saturated heterocycles. The average molecular weight is 1010 g/mol. The Bertz CT molecular complexity index is 2480. The van der Waals surface area contributed by atoms with E-state index in [4.69, 9.17) is 5.73 Å². The van der Waals surface area contributed by atoms with Crippen LogP contribution in [0.1, 0.15) is 90.2 Å². The molecule has 5 aromatic heterocycles. The van der Waals surface area contributed by atoms with E-state index in [0.29, 0.717) is 40.7 Å². The van der Waals surface area contributed by atoms with Crippen LogP contribution in [0, 0.1) is 0 Å². The number of amides is 7. The molecule has 336 valence electrons. The number of unbranched alkanes of at least 4 members (excludes halogenated alkanes) is 3. The largest absolute Gasteiger partial charge is 0.356 e. The highest BCUT2D eigenvalue weighted by Gasteiger charge is 2.20. The van der Waals surface area contributed by atoms with Gasteiger partial charge in [-0.2, -0.15) is 0 Å². The third-order valence-corrected chi connectivity index (χ3v) is 12.9. The summed E-state index contributed by atoms with van der Waals surface area (Å²) in [4.78, 5) is 90.2. The molecule has 5 rings (SSSR count). The highest BCUT2D eigenvalue weighted by atomic mass is 79.9. The maximum absolute atomic E-state index is 13.2. The van der Waals surface area contributed by atoms with Crippen molar-refractivity contribution in [2.75, 3.05) is 47.4 Å². The predicted molar refractivity (Wildman–Crippen MR) is 248 cm³/mol. The van der Waals surface area contributed by atoms with Gasteiger partial charge in [-0.25, -0.2) is 0 Å². The number of nitrogens with zero attached hydrogens (tertiary/aromatic N) is 4. The van der Waals surface area contributed by atoms with E-state index in [0.717, 1.165) is 33.9 Å². The van der Waals surface area contributed by atoms with Gasteiger partial charge in [0, 0.05) is 89.9 Å². The van der Waals surface area contributed by atoms with Gasteiger partial charge in [0.15, 0.2) is 0 Å². The number of nitrogens with two attached hydrogens (primary N) is 1. The number of hydrogen-bond acceptors (Lipinski definition) is 9. The summed E-state index contributed by atoms with van der Waals surface area (Å²) in [7, 11) is 6.62. The Balaban J connectivity index is 1.04. The molecule has 0 unspecified atom stereocenters. The molecule has 0 atom stereocenters. The normalized spacial score (nSPS) is 10.9. The first-order valence-corrected chi connectivity index (χ1v) is 22.3. The van der Waals surface area contributed by atoms with E-state index in [2.05, 4.69) is 69.1 Å². The SMILES string of the molecule is Cn1cc(NC(=O)c2cc(NC(=O)CCNC(=O)c3cc(NC(=O)c4cc(NC(=O)c5cc(Br)c(Br)s5)cn4C)cn3C)cn2C)cc1C(=O)NCCC(=O)NCCCCCCN. The summed E-state index contributed by atoms with van der Waals surface area (Å²) in [5.41, 5.74) is 8.06. The van der Waals surface area contributed by atoms with E-state index in [-0.39, 0.29) is 60.5 Å². The Kier molecular flexibility index (Phi) is 17.1. The van der Waals surface area contributed by atoms with Crippen LogP contribution in [-0.2, 0) is 37.8 Å². The van der Waals surface area contributed by atoms with Gasteiger partial charge < -0.3 is 61.2 Å². The number of halogens is 2. The summed E-state index contributed by atoms with van der Waals surface area (Å²) in [5.74, 6) is -2.68. The fourth-order valence-electron chi connectivity index (χ4n) is 6.40. The molecule has 0 aliphatic carbocycles. The Morgan fingerprint density at radius 1 is 0.508 bits per heavy atom. The van der Waals surface area contributed by atoms with Gasteiger partial charge in [0.25, 0.3) is 29.5 Å². The van der Waals surface area contributed by atoms with E-state index >= 15 is 0 Å². The van der Waals surface area contributed by atoms with Crippen molar-refractivity contribution in [1.29, 1.82) is 0 Å². The van der Waals surface area contributed by atoms with Gasteiger partial charge >= 0.3 is 0 Å². The van der Waals surface area contributed by atoms with E-state index < -0.39 is 29.5 Å². The quantitative estimate of drug-likeness (QED) is 0.0469. The third kappa shape index (κ3) is 13.5. The molecule has 0 radical (unpaired) electrons. The van der Waals surface area contributed by atoms with Gasteiger partial charge in [-0.15, -0.1) is 11.3 Å². The molecule has 63 heavy (non-hydrogen) atoms. The number of rotatable bonds is 21. The molecule has 5 aromatic rings. The van der Waals surface area contributed by atoms with Crippen molar-refractivity contribution >= 4 is 107 Å². The second-order valence-corrected chi connectivity index (χ2v) is 17.8. The monoisotopic (exact) mass is 1010 g/mol. The van der Waals surface area contributed by atoms with Crippen LogP contribution >= 0.6 is 43.2 Å². The van der Waals surface area contributed by atoms with Crippen molar-refractivity contribution in [1.82, 2.24) is 34.2 Å². The van der Waals surface area contributed by atoms with Gasteiger partial charge in [0.05, 0.1) is 31.4 Å². The van der Waals surface area contributed by atoms with Crippen LogP contribution in [0.5, 0.6) is 0 Å². The van der Waals surface area contributed by atoms with Crippen LogP contribution in [0.2, 0.25) is 0 Å². The van der Waals surface area contributed by atoms with Crippen LogP contribution in [0.3, 0.4) is 0 Å². The molecule has 0 saturated carbocycles. The lowest BCUT2D eigenvalue weighted by atomic mass is 10.2. The first kappa shape index (κ1) is 48.1. The molecule has 0 spiro atoms. The van der Waals surface area contributed by atoms with E-state index in [1.54, 1.807) is 83.4 Å². The van der Waals surface area contributed by atoms with Crippen LogP contribution in [0.15, 0.2) is 63.4 Å². The zero-order chi connectivity index (χ0) is 45.8. The van der Waals surface area contributed by atoms with Crippen molar-refractivity contribution in [2.45, 2.75) is 38.5 Å². The topological polar surface area (TPSA) is 249 Å². The molecular formula is C41H50Br2N12O7S. The smallest absolute Gasteiger partial charge is 0.272 e. The second-order valence-electron chi connectivity index (χ2n) is 14.6. The molecule has 5 heterocycles. The Morgan fingerprint density at radius 3 is 1.37 bits per heavy atom. The van der Waals surface area contributed by atoms with Crippen molar-refractivity contribution in [2.24, 2.45) is 33.9 Å². The lowest BCUT2D eigenvalue weighted by Gasteiger charge is -2.07. The summed E-state index contributed by atoms with van der Waals surface area (Å²) in [6.45, 7) is 1.39. The molecule has 0 bridgehead atoms. The summed E-state index contributed by atoms with van der Waals surface area (Å²) in [5, 5.41) is 19.3. The Labute approximate surface area is 384 Å².